The molecule has 0 saturated heterocycles. The zero-order valence-electron chi connectivity index (χ0n) is 8.58. The Kier molecular flexibility index (Phi) is 4.46. The second-order valence-electron chi connectivity index (χ2n) is 3.44. The van der Waals surface area contributed by atoms with Crippen LogP contribution in [0.4, 0.5) is 8.78 Å². The first-order valence-corrected chi connectivity index (χ1v) is 5.02. The first kappa shape index (κ1) is 11.9. The zero-order valence-corrected chi connectivity index (χ0v) is 8.58. The van der Waals surface area contributed by atoms with E-state index in [1.807, 2.05) is 6.92 Å². The number of ether oxygens (including phenoxy) is 1. The summed E-state index contributed by atoms with van der Waals surface area (Å²) in [6.07, 6.45) is 6.96. The molecule has 1 aliphatic rings. The van der Waals surface area contributed by atoms with Gasteiger partial charge in [-0.15, -0.1) is 0 Å². The van der Waals surface area contributed by atoms with Crippen molar-refractivity contribution in [1.82, 2.24) is 0 Å². The Morgan fingerprint density at radius 3 is 2.80 bits per heavy atom. The van der Waals surface area contributed by atoms with Crippen LogP contribution >= 0.6 is 0 Å². The van der Waals surface area contributed by atoms with Crippen molar-refractivity contribution in [3.63, 3.8) is 0 Å². The molecule has 4 heteroatoms. The van der Waals surface area contributed by atoms with Crippen LogP contribution < -0.4 is 0 Å². The molecule has 0 aromatic rings. The number of unbranched alkanes of at least 4 members (excludes halogenated alkanes) is 1. The molecule has 0 bridgehead atoms. The Morgan fingerprint density at radius 2 is 2.27 bits per heavy atom. The van der Waals surface area contributed by atoms with E-state index in [2.05, 4.69) is 4.74 Å². The third kappa shape index (κ3) is 3.81. The maximum atomic E-state index is 11.8. The molecule has 0 radical (unpaired) electrons. The molecule has 0 N–H and O–H groups in total. The van der Waals surface area contributed by atoms with Crippen LogP contribution in [0.5, 0.6) is 0 Å². The molecule has 0 spiro atoms. The smallest absolute Gasteiger partial charge is 0.387 e. The topological polar surface area (TPSA) is 26.3 Å². The van der Waals surface area contributed by atoms with Crippen molar-refractivity contribution >= 4 is 5.78 Å². The number of hydrogen-bond donors (Lipinski definition) is 0. The number of allylic oxidation sites excluding steroid dienone is 3. The van der Waals surface area contributed by atoms with Crippen LogP contribution in [-0.2, 0) is 9.53 Å². The van der Waals surface area contributed by atoms with Gasteiger partial charge in [-0.05, 0) is 12.5 Å². The largest absolute Gasteiger partial charge is 0.435 e. The monoisotopic (exact) mass is 216 g/mol. The highest BCUT2D eigenvalue weighted by Gasteiger charge is 2.19. The van der Waals surface area contributed by atoms with Crippen LogP contribution in [0.15, 0.2) is 24.0 Å². The van der Waals surface area contributed by atoms with Crippen LogP contribution in [0.1, 0.15) is 26.2 Å². The number of ketones is 1. The quantitative estimate of drug-likeness (QED) is 0.706. The SMILES string of the molecule is CCCCC1C=CC(OC(F)F)=CC1=O. The van der Waals surface area contributed by atoms with Gasteiger partial charge in [0.05, 0.1) is 0 Å². The van der Waals surface area contributed by atoms with E-state index < -0.39 is 6.61 Å². The first-order valence-electron chi connectivity index (χ1n) is 5.02. The molecular formula is C11H14F2O2. The third-order valence-corrected chi connectivity index (χ3v) is 2.24. The summed E-state index contributed by atoms with van der Waals surface area (Å²) in [6.45, 7) is -0.834. The zero-order chi connectivity index (χ0) is 11.3. The van der Waals surface area contributed by atoms with Crippen molar-refractivity contribution in [3.05, 3.63) is 24.0 Å². The maximum Gasteiger partial charge on any atom is 0.387 e. The minimum Gasteiger partial charge on any atom is -0.435 e. The fourth-order valence-corrected chi connectivity index (χ4v) is 1.44. The number of carbonyl (C=O) groups is 1. The Hall–Kier alpha value is -1.19. The van der Waals surface area contributed by atoms with Gasteiger partial charge < -0.3 is 4.74 Å². The molecule has 0 amide bonds. The molecule has 2 nitrogen and oxygen atoms in total. The van der Waals surface area contributed by atoms with Gasteiger partial charge in [0.15, 0.2) is 5.78 Å². The van der Waals surface area contributed by atoms with E-state index in [9.17, 15) is 13.6 Å². The molecule has 1 aliphatic carbocycles. The molecule has 0 aromatic heterocycles. The van der Waals surface area contributed by atoms with Gasteiger partial charge in [0.25, 0.3) is 0 Å². The molecule has 1 unspecified atom stereocenters. The molecule has 0 aliphatic heterocycles. The number of rotatable bonds is 5. The van der Waals surface area contributed by atoms with E-state index in [0.717, 1.165) is 25.3 Å². The second kappa shape index (κ2) is 5.63. The Labute approximate surface area is 87.6 Å². The van der Waals surface area contributed by atoms with Crippen LogP contribution in [0.2, 0.25) is 0 Å². The highest BCUT2D eigenvalue weighted by molar-refractivity contribution is 5.94. The third-order valence-electron chi connectivity index (χ3n) is 2.24. The predicted molar refractivity (Wildman–Crippen MR) is 52.3 cm³/mol. The van der Waals surface area contributed by atoms with E-state index >= 15 is 0 Å². The summed E-state index contributed by atoms with van der Waals surface area (Å²) >= 11 is 0. The lowest BCUT2D eigenvalue weighted by Gasteiger charge is -2.14. The minimum absolute atomic E-state index is 0.0530. The fraction of sp³-hybridized carbons (Fsp3) is 0.545. The Balaban J connectivity index is 2.51. The van der Waals surface area contributed by atoms with Crippen molar-refractivity contribution in [3.8, 4) is 0 Å². The molecular weight excluding hydrogens is 202 g/mol. The molecule has 15 heavy (non-hydrogen) atoms. The summed E-state index contributed by atoms with van der Waals surface area (Å²) in [6, 6.07) is 0. The van der Waals surface area contributed by atoms with E-state index in [1.54, 1.807) is 6.08 Å². The normalized spacial score (nSPS) is 20.7. The predicted octanol–water partition coefficient (Wildman–Crippen LogP) is 3.05. The second-order valence-corrected chi connectivity index (χ2v) is 3.44. The highest BCUT2D eigenvalue weighted by Crippen LogP contribution is 2.20. The lowest BCUT2D eigenvalue weighted by molar-refractivity contribution is -0.118. The van der Waals surface area contributed by atoms with Gasteiger partial charge >= 0.3 is 6.61 Å². The van der Waals surface area contributed by atoms with Crippen molar-refractivity contribution in [1.29, 1.82) is 0 Å². The molecule has 1 rings (SSSR count). The average molecular weight is 216 g/mol. The molecule has 0 saturated carbocycles. The molecule has 84 valence electrons. The minimum atomic E-state index is -2.87. The summed E-state index contributed by atoms with van der Waals surface area (Å²) < 4.78 is 27.8. The molecule has 0 aromatic carbocycles. The van der Waals surface area contributed by atoms with Gasteiger partial charge in [-0.25, -0.2) is 0 Å². The van der Waals surface area contributed by atoms with Gasteiger partial charge in [0.1, 0.15) is 5.76 Å². The van der Waals surface area contributed by atoms with E-state index in [-0.39, 0.29) is 17.5 Å². The summed E-state index contributed by atoms with van der Waals surface area (Å²) in [5, 5.41) is 0. The summed E-state index contributed by atoms with van der Waals surface area (Å²) in [5.41, 5.74) is 0. The summed E-state index contributed by atoms with van der Waals surface area (Å²) in [5.74, 6) is -0.376. The van der Waals surface area contributed by atoms with Crippen molar-refractivity contribution in [2.24, 2.45) is 5.92 Å². The number of hydrogen-bond acceptors (Lipinski definition) is 2. The van der Waals surface area contributed by atoms with Crippen molar-refractivity contribution in [2.75, 3.05) is 0 Å². The van der Waals surface area contributed by atoms with Crippen LogP contribution in [0, 0.1) is 5.92 Å². The first-order chi connectivity index (χ1) is 7.13. The van der Waals surface area contributed by atoms with Crippen LogP contribution in [0.25, 0.3) is 0 Å². The average Bonchev–Trinajstić information content (AvgIpc) is 2.15. The van der Waals surface area contributed by atoms with Gasteiger partial charge in [-0.1, -0.05) is 25.8 Å². The van der Waals surface area contributed by atoms with Gasteiger partial charge in [-0.3, -0.25) is 4.79 Å². The fourth-order valence-electron chi connectivity index (χ4n) is 1.44. The van der Waals surface area contributed by atoms with Crippen molar-refractivity contribution in [2.45, 2.75) is 32.8 Å². The highest BCUT2D eigenvalue weighted by atomic mass is 19.3. The Bertz CT molecular complexity index is 282. The number of halogens is 2. The molecule has 1 atom stereocenters. The number of carbonyl (C=O) groups excluding carboxylic acids is 1. The van der Waals surface area contributed by atoms with E-state index in [1.165, 1.54) is 6.08 Å². The Morgan fingerprint density at radius 1 is 1.53 bits per heavy atom. The standard InChI is InChI=1S/C11H14F2O2/c1-2-3-4-8-5-6-9(7-10(8)14)15-11(12)13/h5-8,11H,2-4H2,1H3. The van der Waals surface area contributed by atoms with E-state index in [0.29, 0.717) is 0 Å². The summed E-state index contributed by atoms with van der Waals surface area (Å²) in [4.78, 5) is 11.4. The molecule has 0 fully saturated rings. The van der Waals surface area contributed by atoms with Gasteiger partial charge in [-0.2, -0.15) is 8.78 Å². The van der Waals surface area contributed by atoms with Gasteiger partial charge in [0, 0.05) is 12.0 Å². The number of alkyl halides is 2. The lowest BCUT2D eigenvalue weighted by atomic mass is 9.93. The van der Waals surface area contributed by atoms with Crippen LogP contribution in [0.3, 0.4) is 0 Å². The van der Waals surface area contributed by atoms with Gasteiger partial charge in [0.2, 0.25) is 0 Å². The van der Waals surface area contributed by atoms with Crippen LogP contribution in [-0.4, -0.2) is 12.4 Å². The lowest BCUT2D eigenvalue weighted by Crippen LogP contribution is -2.14. The molecule has 0 heterocycles. The van der Waals surface area contributed by atoms with Crippen molar-refractivity contribution < 1.29 is 18.3 Å². The van der Waals surface area contributed by atoms with E-state index in [4.69, 9.17) is 0 Å². The maximum absolute atomic E-state index is 11.8. The summed E-state index contributed by atoms with van der Waals surface area (Å²) in [7, 11) is 0.